The molecule has 0 aliphatic rings. The van der Waals surface area contributed by atoms with Crippen molar-refractivity contribution in [2.75, 3.05) is 0 Å². The van der Waals surface area contributed by atoms with E-state index in [0.717, 1.165) is 55.2 Å². The number of aromatic hydroxyl groups is 1. The quantitative estimate of drug-likeness (QED) is 0.0470. The van der Waals surface area contributed by atoms with Crippen LogP contribution in [0.4, 0.5) is 0 Å². The summed E-state index contributed by atoms with van der Waals surface area (Å²) in [4.78, 5) is 21.7. The summed E-state index contributed by atoms with van der Waals surface area (Å²) in [7, 11) is -4.47. The minimum absolute atomic E-state index is 0.253. The van der Waals surface area contributed by atoms with Gasteiger partial charge in [0, 0.05) is 0 Å². The summed E-state index contributed by atoms with van der Waals surface area (Å²) in [5.74, 6) is 0.253. The molecule has 0 heterocycles. The number of hydrogen-bond acceptors (Lipinski definition) is 2. The van der Waals surface area contributed by atoms with Crippen molar-refractivity contribution in [1.82, 2.24) is 0 Å². The lowest BCUT2D eigenvalue weighted by molar-refractivity contribution is 0.319. The van der Waals surface area contributed by atoms with Crippen LogP contribution in [0.15, 0.2) is 12.1 Å². The van der Waals surface area contributed by atoms with Gasteiger partial charge in [0.1, 0.15) is 5.75 Å². The molecule has 0 fully saturated rings. The van der Waals surface area contributed by atoms with Gasteiger partial charge in [0.05, 0.1) is 5.16 Å². The molecule has 4 nitrogen and oxygen atoms in total. The monoisotopic (exact) mass is 763 g/mol. The second kappa shape index (κ2) is 30.3. The Bertz CT molecular complexity index is 1060. The molecule has 1 aromatic carbocycles. The number of hydrogen-bond donors (Lipinski definition) is 3. The van der Waals surface area contributed by atoms with E-state index < -0.39 is 12.8 Å². The molecule has 0 aromatic heterocycles. The number of benzene rings is 1. The van der Waals surface area contributed by atoms with Crippen LogP contribution >= 0.6 is 7.60 Å². The summed E-state index contributed by atoms with van der Waals surface area (Å²) in [5, 5.41) is 9.84. The molecule has 1 rings (SSSR count). The van der Waals surface area contributed by atoms with Gasteiger partial charge in [0.15, 0.2) is 0 Å². The lowest BCUT2D eigenvalue weighted by Gasteiger charge is -2.35. The van der Waals surface area contributed by atoms with Crippen LogP contribution in [0, 0.1) is 0 Å². The minimum atomic E-state index is -4.47. The molecule has 0 spiro atoms. The first-order valence-corrected chi connectivity index (χ1v) is 24.9. The van der Waals surface area contributed by atoms with Gasteiger partial charge in [-0.25, -0.2) is 0 Å². The van der Waals surface area contributed by atoms with Crippen LogP contribution in [0.5, 0.6) is 5.75 Å². The lowest BCUT2D eigenvalue weighted by Crippen LogP contribution is -2.25. The molecule has 0 aliphatic heterocycles. The van der Waals surface area contributed by atoms with E-state index in [1.165, 1.54) is 173 Å². The van der Waals surface area contributed by atoms with Crippen molar-refractivity contribution >= 4 is 7.60 Å². The molecule has 1 unspecified atom stereocenters. The van der Waals surface area contributed by atoms with Crippen molar-refractivity contribution in [3.05, 3.63) is 28.8 Å². The molecule has 0 saturated heterocycles. The summed E-state index contributed by atoms with van der Waals surface area (Å²) < 4.78 is 13.3. The fourth-order valence-electron chi connectivity index (χ4n) is 8.26. The van der Waals surface area contributed by atoms with Crippen molar-refractivity contribution < 1.29 is 19.5 Å². The Labute approximate surface area is 331 Å². The van der Waals surface area contributed by atoms with Crippen LogP contribution in [-0.2, 0) is 21.6 Å². The first kappa shape index (κ1) is 50.2. The second-order valence-electron chi connectivity index (χ2n) is 18.2. The molecule has 1 aromatic rings. The van der Waals surface area contributed by atoms with E-state index in [4.69, 9.17) is 0 Å². The Balaban J connectivity index is 2.52. The van der Waals surface area contributed by atoms with Crippen LogP contribution in [0.3, 0.4) is 0 Å². The summed E-state index contributed by atoms with van der Waals surface area (Å²) in [6.07, 6.45) is 42.9. The first-order chi connectivity index (χ1) is 25.4. The molecule has 3 N–H and O–H groups in total. The van der Waals surface area contributed by atoms with E-state index in [2.05, 4.69) is 34.6 Å². The van der Waals surface area contributed by atoms with Crippen LogP contribution in [0.25, 0.3) is 0 Å². The topological polar surface area (TPSA) is 77.8 Å². The number of phenolic OH excluding ortho intramolecular Hbond substituents is 1. The average molecular weight is 763 g/mol. The van der Waals surface area contributed by atoms with Crippen molar-refractivity contribution in [2.24, 2.45) is 0 Å². The molecule has 312 valence electrons. The van der Waals surface area contributed by atoms with Gasteiger partial charge in [-0.15, -0.1) is 0 Å². The zero-order valence-electron chi connectivity index (χ0n) is 36.4. The summed E-state index contributed by atoms with van der Waals surface area (Å²) in [6.45, 7) is 12.5. The van der Waals surface area contributed by atoms with Gasteiger partial charge >= 0.3 is 7.60 Å². The highest BCUT2D eigenvalue weighted by Gasteiger charge is 2.45. The normalized spacial score (nSPS) is 13.5. The molecule has 53 heavy (non-hydrogen) atoms. The van der Waals surface area contributed by atoms with Crippen molar-refractivity contribution in [3.8, 4) is 5.75 Å². The summed E-state index contributed by atoms with van der Waals surface area (Å²) >= 11 is 0. The third kappa shape index (κ3) is 23.1. The SMILES string of the molecule is CCCCCCCCCCCCCCCCCCc1cc(O)c(C(C)(C)C)cc1C(C)(CCCCCCCCCCCCCCCCCC)P(=O)(O)O. The Kier molecular flexibility index (Phi) is 28.7. The Morgan fingerprint density at radius 1 is 0.453 bits per heavy atom. The molecule has 0 bridgehead atoms. The van der Waals surface area contributed by atoms with E-state index in [-0.39, 0.29) is 11.2 Å². The largest absolute Gasteiger partial charge is 0.508 e. The standard InChI is InChI=1S/C48H91O4P/c1-7-9-11-13-15-17-19-21-23-25-27-29-31-33-35-37-39-43-41-46(49)45(47(3,4)5)42-44(43)48(6,53(50,51)52)40-38-36-34-32-30-28-26-24-22-20-18-16-14-12-10-8-2/h41-42,49H,7-40H2,1-6H3,(H2,50,51,52). The second-order valence-corrected chi connectivity index (χ2v) is 20.3. The molecule has 0 saturated carbocycles. The van der Waals surface area contributed by atoms with Crippen LogP contribution in [0.2, 0.25) is 0 Å². The lowest BCUT2D eigenvalue weighted by atomic mass is 9.80. The average Bonchev–Trinajstić information content (AvgIpc) is 3.10. The van der Waals surface area contributed by atoms with Crippen molar-refractivity contribution in [3.63, 3.8) is 0 Å². The van der Waals surface area contributed by atoms with E-state index in [9.17, 15) is 19.5 Å². The smallest absolute Gasteiger partial charge is 0.335 e. The summed E-state index contributed by atoms with van der Waals surface area (Å²) in [6, 6.07) is 3.78. The molecule has 1 atom stereocenters. The zero-order chi connectivity index (χ0) is 39.3. The van der Waals surface area contributed by atoms with Gasteiger partial charge in [-0.2, -0.15) is 0 Å². The maximum Gasteiger partial charge on any atom is 0.335 e. The van der Waals surface area contributed by atoms with Crippen LogP contribution in [0.1, 0.15) is 270 Å². The van der Waals surface area contributed by atoms with E-state index in [0.29, 0.717) is 6.42 Å². The van der Waals surface area contributed by atoms with Crippen LogP contribution < -0.4 is 0 Å². The van der Waals surface area contributed by atoms with Crippen LogP contribution in [-0.4, -0.2) is 14.9 Å². The van der Waals surface area contributed by atoms with E-state index >= 15 is 0 Å². The van der Waals surface area contributed by atoms with Crippen molar-refractivity contribution in [2.45, 2.75) is 270 Å². The Hall–Kier alpha value is -0.830. The van der Waals surface area contributed by atoms with Gasteiger partial charge in [0.25, 0.3) is 0 Å². The van der Waals surface area contributed by atoms with Crippen molar-refractivity contribution in [1.29, 1.82) is 0 Å². The molecule has 0 amide bonds. The van der Waals surface area contributed by atoms with Gasteiger partial charge in [-0.05, 0) is 54.4 Å². The highest BCUT2D eigenvalue weighted by atomic mass is 31.2. The maximum atomic E-state index is 13.3. The number of phenols is 1. The first-order valence-electron chi connectivity index (χ1n) is 23.3. The highest BCUT2D eigenvalue weighted by molar-refractivity contribution is 7.53. The molecule has 0 aliphatic carbocycles. The van der Waals surface area contributed by atoms with Gasteiger partial charge in [-0.3, -0.25) is 4.57 Å². The van der Waals surface area contributed by atoms with E-state index in [1.807, 2.05) is 12.1 Å². The Morgan fingerprint density at radius 3 is 1.06 bits per heavy atom. The Morgan fingerprint density at radius 2 is 0.755 bits per heavy atom. The molecular weight excluding hydrogens is 671 g/mol. The number of aryl methyl sites for hydroxylation is 1. The van der Waals surface area contributed by atoms with Gasteiger partial charge < -0.3 is 14.9 Å². The number of unbranched alkanes of at least 4 members (excludes halogenated alkanes) is 30. The predicted molar refractivity (Wildman–Crippen MR) is 234 cm³/mol. The molecular formula is C48H91O4P. The fraction of sp³-hybridized carbons (Fsp3) is 0.875. The predicted octanol–water partition coefficient (Wildman–Crippen LogP) is 16.5. The zero-order valence-corrected chi connectivity index (χ0v) is 37.3. The number of rotatable bonds is 36. The summed E-state index contributed by atoms with van der Waals surface area (Å²) in [5.41, 5.74) is 2.13. The fourth-order valence-corrected chi connectivity index (χ4v) is 9.23. The van der Waals surface area contributed by atoms with E-state index in [1.54, 1.807) is 6.92 Å². The maximum absolute atomic E-state index is 13.3. The van der Waals surface area contributed by atoms with Gasteiger partial charge in [0.2, 0.25) is 0 Å². The third-order valence-electron chi connectivity index (χ3n) is 12.1. The molecule has 5 heteroatoms. The minimum Gasteiger partial charge on any atom is -0.508 e. The molecule has 0 radical (unpaired) electrons. The third-order valence-corrected chi connectivity index (χ3v) is 13.8. The van der Waals surface area contributed by atoms with Gasteiger partial charge in [-0.1, -0.05) is 240 Å². The highest BCUT2D eigenvalue weighted by Crippen LogP contribution is 2.61.